The van der Waals surface area contributed by atoms with Gasteiger partial charge in [-0.3, -0.25) is 5.10 Å². The Bertz CT molecular complexity index is 901. The molecule has 0 saturated carbocycles. The SMILES string of the molecule is CCCc1[nH]nc(-c2c(O)ccc(F)c2N)c1/C=C/c1ccccc1. The summed E-state index contributed by atoms with van der Waals surface area (Å²) >= 11 is 0. The standard InChI is InChI=1S/C20H20FN3O/c1-2-6-16-14(10-9-13-7-4-3-5-8-13)20(24-23-16)18-17(25)12-11-15(21)19(18)22/h3-5,7-12,25H,2,6,22H2,1H3,(H,23,24)/b10-9+. The van der Waals surface area contributed by atoms with Crippen LogP contribution in [-0.2, 0) is 6.42 Å². The molecule has 1 heterocycles. The molecule has 0 aliphatic rings. The van der Waals surface area contributed by atoms with Crippen molar-refractivity contribution >= 4 is 17.8 Å². The number of aromatic amines is 1. The lowest BCUT2D eigenvalue weighted by Gasteiger charge is -2.08. The summed E-state index contributed by atoms with van der Waals surface area (Å²) in [6.07, 6.45) is 5.60. The fourth-order valence-corrected chi connectivity index (χ4v) is 2.77. The number of H-pyrrole nitrogens is 1. The third-order valence-corrected chi connectivity index (χ3v) is 4.03. The van der Waals surface area contributed by atoms with E-state index in [9.17, 15) is 9.50 Å². The summed E-state index contributed by atoms with van der Waals surface area (Å²) in [6.45, 7) is 2.07. The van der Waals surface area contributed by atoms with Crippen LogP contribution in [0.4, 0.5) is 10.1 Å². The van der Waals surface area contributed by atoms with Crippen molar-refractivity contribution in [1.29, 1.82) is 0 Å². The lowest BCUT2D eigenvalue weighted by atomic mass is 10.0. The van der Waals surface area contributed by atoms with Gasteiger partial charge < -0.3 is 10.8 Å². The van der Waals surface area contributed by atoms with Crippen LogP contribution < -0.4 is 5.73 Å². The van der Waals surface area contributed by atoms with Crippen molar-refractivity contribution in [2.45, 2.75) is 19.8 Å². The van der Waals surface area contributed by atoms with Gasteiger partial charge in [-0.1, -0.05) is 55.8 Å². The van der Waals surface area contributed by atoms with Crippen LogP contribution in [-0.4, -0.2) is 15.3 Å². The Labute approximate surface area is 145 Å². The zero-order chi connectivity index (χ0) is 17.8. The third kappa shape index (κ3) is 3.40. The van der Waals surface area contributed by atoms with Crippen molar-refractivity contribution in [3.8, 4) is 17.0 Å². The molecule has 0 amide bonds. The molecule has 0 spiro atoms. The maximum absolute atomic E-state index is 13.9. The Hall–Kier alpha value is -3.08. The number of nitrogen functional groups attached to an aromatic ring is 1. The number of hydrogen-bond acceptors (Lipinski definition) is 3. The van der Waals surface area contributed by atoms with E-state index in [1.165, 1.54) is 6.07 Å². The zero-order valence-electron chi connectivity index (χ0n) is 14.0. The average molecular weight is 337 g/mol. The number of phenolic OH excluding ortho intramolecular Hbond substituents is 1. The molecule has 1 aromatic heterocycles. The molecular weight excluding hydrogens is 317 g/mol. The average Bonchev–Trinajstić information content (AvgIpc) is 3.00. The molecule has 4 nitrogen and oxygen atoms in total. The molecule has 0 radical (unpaired) electrons. The second-order valence-corrected chi connectivity index (χ2v) is 5.81. The molecule has 0 bridgehead atoms. The van der Waals surface area contributed by atoms with E-state index in [0.29, 0.717) is 5.69 Å². The Morgan fingerprint density at radius 3 is 2.64 bits per heavy atom. The molecule has 5 heteroatoms. The summed E-state index contributed by atoms with van der Waals surface area (Å²) < 4.78 is 13.9. The largest absolute Gasteiger partial charge is 0.507 e. The molecule has 3 rings (SSSR count). The topological polar surface area (TPSA) is 74.9 Å². The van der Waals surface area contributed by atoms with Gasteiger partial charge in [0.15, 0.2) is 0 Å². The Kier molecular flexibility index (Phi) is 4.84. The molecule has 128 valence electrons. The minimum Gasteiger partial charge on any atom is -0.507 e. The molecule has 0 fully saturated rings. The van der Waals surface area contributed by atoms with Crippen LogP contribution in [0.1, 0.15) is 30.2 Å². The van der Waals surface area contributed by atoms with Crippen molar-refractivity contribution in [3.05, 3.63) is 65.1 Å². The van der Waals surface area contributed by atoms with Crippen molar-refractivity contribution < 1.29 is 9.50 Å². The highest BCUT2D eigenvalue weighted by atomic mass is 19.1. The third-order valence-electron chi connectivity index (χ3n) is 4.03. The highest BCUT2D eigenvalue weighted by molar-refractivity contribution is 5.87. The number of aryl methyl sites for hydroxylation is 1. The fraction of sp³-hybridized carbons (Fsp3) is 0.150. The highest BCUT2D eigenvalue weighted by Crippen LogP contribution is 2.38. The minimum atomic E-state index is -0.578. The zero-order valence-corrected chi connectivity index (χ0v) is 14.0. The lowest BCUT2D eigenvalue weighted by Crippen LogP contribution is -1.96. The van der Waals surface area contributed by atoms with E-state index in [1.807, 2.05) is 42.5 Å². The maximum atomic E-state index is 13.9. The smallest absolute Gasteiger partial charge is 0.147 e. The van der Waals surface area contributed by atoms with Crippen molar-refractivity contribution in [2.24, 2.45) is 0 Å². The second kappa shape index (κ2) is 7.21. The lowest BCUT2D eigenvalue weighted by molar-refractivity contribution is 0.475. The summed E-state index contributed by atoms with van der Waals surface area (Å²) in [7, 11) is 0. The molecule has 3 aromatic rings. The first kappa shape index (κ1) is 16.8. The number of halogens is 1. The molecule has 0 atom stereocenters. The van der Waals surface area contributed by atoms with Crippen LogP contribution in [0.5, 0.6) is 5.75 Å². The molecule has 25 heavy (non-hydrogen) atoms. The van der Waals surface area contributed by atoms with E-state index in [1.54, 1.807) is 0 Å². The summed E-state index contributed by atoms with van der Waals surface area (Å²) in [5.41, 5.74) is 9.18. The number of nitrogens with zero attached hydrogens (tertiary/aromatic N) is 1. The molecule has 0 unspecified atom stereocenters. The first-order chi connectivity index (χ1) is 12.1. The number of hydrogen-bond donors (Lipinski definition) is 3. The predicted molar refractivity (Wildman–Crippen MR) is 99.4 cm³/mol. The fourth-order valence-electron chi connectivity index (χ4n) is 2.77. The number of anilines is 1. The van der Waals surface area contributed by atoms with E-state index in [4.69, 9.17) is 5.73 Å². The van der Waals surface area contributed by atoms with Gasteiger partial charge >= 0.3 is 0 Å². The van der Waals surface area contributed by atoms with Gasteiger partial charge in [0.25, 0.3) is 0 Å². The predicted octanol–water partition coefficient (Wildman–Crippen LogP) is 4.63. The number of rotatable bonds is 5. The molecule has 2 aromatic carbocycles. The molecular formula is C20H20FN3O. The first-order valence-electron chi connectivity index (χ1n) is 8.19. The maximum Gasteiger partial charge on any atom is 0.147 e. The Balaban J connectivity index is 2.13. The summed E-state index contributed by atoms with van der Waals surface area (Å²) in [4.78, 5) is 0. The normalized spacial score (nSPS) is 11.3. The number of benzene rings is 2. The van der Waals surface area contributed by atoms with Gasteiger partial charge in [0.05, 0.1) is 11.3 Å². The van der Waals surface area contributed by atoms with E-state index in [0.717, 1.165) is 35.7 Å². The molecule has 0 aliphatic carbocycles. The number of nitrogens with two attached hydrogens (primary N) is 1. The van der Waals surface area contributed by atoms with Gasteiger partial charge in [-0.2, -0.15) is 5.10 Å². The van der Waals surface area contributed by atoms with Gasteiger partial charge in [-0.05, 0) is 24.1 Å². The first-order valence-corrected chi connectivity index (χ1v) is 8.19. The number of nitrogens with one attached hydrogen (secondary N) is 1. The van der Waals surface area contributed by atoms with Crippen LogP contribution in [0.25, 0.3) is 23.4 Å². The van der Waals surface area contributed by atoms with Crippen LogP contribution in [0.2, 0.25) is 0 Å². The number of aromatic nitrogens is 2. The van der Waals surface area contributed by atoms with Crippen LogP contribution in [0.3, 0.4) is 0 Å². The Morgan fingerprint density at radius 2 is 1.92 bits per heavy atom. The summed E-state index contributed by atoms with van der Waals surface area (Å²) in [5.74, 6) is -0.673. The van der Waals surface area contributed by atoms with E-state index >= 15 is 0 Å². The van der Waals surface area contributed by atoms with Crippen LogP contribution >= 0.6 is 0 Å². The quantitative estimate of drug-likeness (QED) is 0.594. The highest BCUT2D eigenvalue weighted by Gasteiger charge is 2.20. The van der Waals surface area contributed by atoms with Crippen LogP contribution in [0.15, 0.2) is 42.5 Å². The van der Waals surface area contributed by atoms with Gasteiger partial charge in [-0.25, -0.2) is 4.39 Å². The second-order valence-electron chi connectivity index (χ2n) is 5.81. The van der Waals surface area contributed by atoms with Gasteiger partial charge in [0.1, 0.15) is 17.3 Å². The van der Waals surface area contributed by atoms with Crippen LogP contribution in [0, 0.1) is 5.82 Å². The van der Waals surface area contributed by atoms with Crippen molar-refractivity contribution in [3.63, 3.8) is 0 Å². The molecule has 4 N–H and O–H groups in total. The van der Waals surface area contributed by atoms with Gasteiger partial charge in [0, 0.05) is 11.3 Å². The Morgan fingerprint density at radius 1 is 1.16 bits per heavy atom. The van der Waals surface area contributed by atoms with Crippen molar-refractivity contribution in [1.82, 2.24) is 10.2 Å². The molecule has 0 saturated heterocycles. The number of aromatic hydroxyl groups is 1. The van der Waals surface area contributed by atoms with E-state index in [2.05, 4.69) is 17.1 Å². The van der Waals surface area contributed by atoms with Gasteiger partial charge in [0.2, 0.25) is 0 Å². The number of phenols is 1. The summed E-state index contributed by atoms with van der Waals surface area (Å²) in [6, 6.07) is 12.3. The minimum absolute atomic E-state index is 0.0946. The van der Waals surface area contributed by atoms with Crippen molar-refractivity contribution in [2.75, 3.05) is 5.73 Å². The van der Waals surface area contributed by atoms with E-state index in [-0.39, 0.29) is 17.0 Å². The van der Waals surface area contributed by atoms with Gasteiger partial charge in [-0.15, -0.1) is 0 Å². The molecule has 0 aliphatic heterocycles. The van der Waals surface area contributed by atoms with E-state index < -0.39 is 5.82 Å². The summed E-state index contributed by atoms with van der Waals surface area (Å²) in [5, 5.41) is 17.5. The monoisotopic (exact) mass is 337 g/mol.